The van der Waals surface area contributed by atoms with Gasteiger partial charge in [-0.3, -0.25) is 14.2 Å². The number of benzene rings is 1. The minimum atomic E-state index is -3.25. The van der Waals surface area contributed by atoms with Crippen LogP contribution in [0.1, 0.15) is 49.6 Å². The molecule has 2 N–H and O–H groups in total. The maximum Gasteiger partial charge on any atom is 0.283 e. The first kappa shape index (κ1) is 28.4. The molecule has 0 aliphatic carbocycles. The predicted octanol–water partition coefficient (Wildman–Crippen LogP) is 4.59. The summed E-state index contributed by atoms with van der Waals surface area (Å²) in [5, 5.41) is 19.2. The number of fused-ring (bicyclic) bond motifs is 1. The number of ether oxygens (including phenoxy) is 1. The van der Waals surface area contributed by atoms with E-state index in [1.807, 2.05) is 38.1 Å². The molecule has 0 unspecified atom stereocenters. The quantitative estimate of drug-likeness (QED) is 0.320. The molecule has 3 atom stereocenters. The minimum absolute atomic E-state index is 0.132. The molecule has 1 aromatic rings. The first-order valence-electron chi connectivity index (χ1n) is 12.6. The fourth-order valence-corrected chi connectivity index (χ4v) is 4.93. The van der Waals surface area contributed by atoms with Gasteiger partial charge in [0.2, 0.25) is 0 Å². The summed E-state index contributed by atoms with van der Waals surface area (Å²) in [6, 6.07) is 4.89. The van der Waals surface area contributed by atoms with Gasteiger partial charge in [-0.15, -0.1) is 0 Å². The zero-order chi connectivity index (χ0) is 26.5. The van der Waals surface area contributed by atoms with Gasteiger partial charge in [-0.25, -0.2) is 8.78 Å². The van der Waals surface area contributed by atoms with Crippen LogP contribution in [0, 0.1) is 5.92 Å². The Hall–Kier alpha value is -2.13. The Morgan fingerprint density at radius 2 is 2.03 bits per heavy atom. The second kappa shape index (κ2) is 12.4. The third-order valence-electron chi connectivity index (χ3n) is 7.03. The number of hydrogen-bond acceptors (Lipinski definition) is 5. The molecule has 3 rings (SSSR count). The van der Waals surface area contributed by atoms with Gasteiger partial charge >= 0.3 is 0 Å². The molecule has 0 aromatic heterocycles. The van der Waals surface area contributed by atoms with Gasteiger partial charge in [-0.2, -0.15) is 0 Å². The van der Waals surface area contributed by atoms with Crippen molar-refractivity contribution in [2.24, 2.45) is 5.92 Å². The van der Waals surface area contributed by atoms with Gasteiger partial charge in [0.05, 0.1) is 25.4 Å². The van der Waals surface area contributed by atoms with E-state index < -0.39 is 31.2 Å². The van der Waals surface area contributed by atoms with Crippen molar-refractivity contribution >= 4 is 0 Å². The van der Waals surface area contributed by atoms with E-state index >= 15 is 0 Å². The molecule has 200 valence electrons. The number of rotatable bonds is 12. The Labute approximate surface area is 212 Å². The highest BCUT2D eigenvalue weighted by Crippen LogP contribution is 2.40. The molecule has 2 heterocycles. The second-order valence-corrected chi connectivity index (χ2v) is 10.0. The number of likely N-dealkylation sites (tertiary alicyclic amines) is 1. The lowest BCUT2D eigenvalue weighted by atomic mass is 9.83. The van der Waals surface area contributed by atoms with Crippen LogP contribution < -0.4 is 0 Å². The van der Waals surface area contributed by atoms with E-state index in [4.69, 9.17) is 4.74 Å². The Bertz CT molecular complexity index is 957. The highest BCUT2D eigenvalue weighted by atomic mass is 19.3. The normalized spacial score (nSPS) is 22.9. The summed E-state index contributed by atoms with van der Waals surface area (Å²) >= 11 is 0. The molecule has 1 aromatic carbocycles. The summed E-state index contributed by atoms with van der Waals surface area (Å²) < 4.78 is 47.1. The Morgan fingerprint density at radius 1 is 1.31 bits per heavy atom. The molecule has 0 bridgehead atoms. The first-order chi connectivity index (χ1) is 17.1. The molecule has 36 heavy (non-hydrogen) atoms. The summed E-state index contributed by atoms with van der Waals surface area (Å²) in [7, 11) is 0. The van der Waals surface area contributed by atoms with E-state index in [1.54, 1.807) is 24.0 Å². The van der Waals surface area contributed by atoms with Crippen LogP contribution in [-0.4, -0.2) is 78.0 Å². The van der Waals surface area contributed by atoms with Gasteiger partial charge in [0.15, 0.2) is 0 Å². The van der Waals surface area contributed by atoms with E-state index in [0.717, 1.165) is 29.8 Å². The smallest absolute Gasteiger partial charge is 0.283 e. The molecule has 2 aliphatic rings. The number of nitrogens with zero attached hydrogens (tertiary/aromatic N) is 2. The van der Waals surface area contributed by atoms with E-state index in [-0.39, 0.29) is 18.6 Å². The van der Waals surface area contributed by atoms with Crippen molar-refractivity contribution in [3.63, 3.8) is 0 Å². The van der Waals surface area contributed by atoms with Crippen molar-refractivity contribution in [3.8, 4) is 0 Å². The van der Waals surface area contributed by atoms with Crippen LogP contribution in [0.2, 0.25) is 0 Å². The Balaban J connectivity index is 1.77. The third kappa shape index (κ3) is 7.00. The first-order valence-corrected chi connectivity index (χ1v) is 12.6. The van der Waals surface area contributed by atoms with Crippen LogP contribution in [0.3, 0.4) is 0 Å². The van der Waals surface area contributed by atoms with Gasteiger partial charge in [0.25, 0.3) is 5.92 Å². The molecular formula is C28H39F3N2O3. The van der Waals surface area contributed by atoms with E-state index in [9.17, 15) is 23.4 Å². The van der Waals surface area contributed by atoms with E-state index in [2.05, 4.69) is 11.5 Å². The van der Waals surface area contributed by atoms with E-state index in [1.165, 1.54) is 0 Å². The van der Waals surface area contributed by atoms with Crippen molar-refractivity contribution in [2.75, 3.05) is 46.1 Å². The molecule has 8 heteroatoms. The summed E-state index contributed by atoms with van der Waals surface area (Å²) in [5.41, 5.74) is 3.26. The fourth-order valence-electron chi connectivity index (χ4n) is 4.93. The van der Waals surface area contributed by atoms with Crippen LogP contribution >= 0.6 is 0 Å². The molecule has 0 spiro atoms. The molecule has 1 saturated heterocycles. The summed E-state index contributed by atoms with van der Waals surface area (Å²) in [4.78, 5) is 3.83. The molecule has 2 aliphatic heterocycles. The van der Waals surface area contributed by atoms with Gasteiger partial charge in [-0.05, 0) is 61.6 Å². The monoisotopic (exact) mass is 508 g/mol. The van der Waals surface area contributed by atoms with E-state index in [0.29, 0.717) is 30.9 Å². The zero-order valence-corrected chi connectivity index (χ0v) is 21.5. The van der Waals surface area contributed by atoms with Crippen molar-refractivity contribution in [2.45, 2.75) is 51.3 Å². The van der Waals surface area contributed by atoms with Gasteiger partial charge in [0.1, 0.15) is 19.0 Å². The number of allylic oxidation sites excluding steroid dienone is 2. The number of hydrogen-bond donors (Lipinski definition) is 2. The topological polar surface area (TPSA) is 56.2 Å². The molecule has 0 saturated carbocycles. The maximum absolute atomic E-state index is 14.3. The summed E-state index contributed by atoms with van der Waals surface area (Å²) in [6.07, 6.45) is 5.32. The van der Waals surface area contributed by atoms with Gasteiger partial charge < -0.3 is 14.9 Å². The number of halogens is 3. The predicted molar refractivity (Wildman–Crippen MR) is 136 cm³/mol. The van der Waals surface area contributed by atoms with Crippen molar-refractivity contribution in [3.05, 3.63) is 71.0 Å². The van der Waals surface area contributed by atoms with Crippen LogP contribution in [-0.2, 0) is 11.2 Å². The molecule has 1 fully saturated rings. The standard InChI is InChI=1S/C28H39F3N2O3/c1-5-25(36-11-10-32-15-22(14-29)16-32)8-6-19(2)27-26-9-7-23(21(4)35)13-24(26)12-20(3)33(27)17-28(30,31)18-34/h5-9,13,20-22,27,34-35H,2,10-12,14-18H2,1,3-4H3/b8-6-,25-5+/t20-,21-,27-/m0/s1. The number of alkyl halides is 3. The number of aliphatic hydroxyl groups is 2. The lowest BCUT2D eigenvalue weighted by Crippen LogP contribution is -2.49. The van der Waals surface area contributed by atoms with Crippen LogP contribution in [0.5, 0.6) is 0 Å². The van der Waals surface area contributed by atoms with Gasteiger partial charge in [0, 0.05) is 31.6 Å². The SMILES string of the molecule is C=C(/C=C\C(=C/C)OCCN1CC(CF)C1)[C@H]1c2ccc([C@H](C)O)cc2C[C@H](C)N1CC(F)(F)CO. The van der Waals surface area contributed by atoms with Crippen molar-refractivity contribution < 1.29 is 28.1 Å². The highest BCUT2D eigenvalue weighted by Gasteiger charge is 2.40. The van der Waals surface area contributed by atoms with Crippen molar-refractivity contribution in [1.82, 2.24) is 9.80 Å². The van der Waals surface area contributed by atoms with Crippen LogP contribution in [0.4, 0.5) is 13.2 Å². The van der Waals surface area contributed by atoms with Crippen LogP contribution in [0.25, 0.3) is 0 Å². The molecule has 5 nitrogen and oxygen atoms in total. The molecule has 0 amide bonds. The highest BCUT2D eigenvalue weighted by molar-refractivity contribution is 5.44. The zero-order valence-electron chi connectivity index (χ0n) is 21.5. The molecular weight excluding hydrogens is 469 g/mol. The van der Waals surface area contributed by atoms with Gasteiger partial charge in [-0.1, -0.05) is 30.9 Å². The fraction of sp³-hybridized carbons (Fsp3) is 0.571. The molecule has 0 radical (unpaired) electrons. The maximum atomic E-state index is 14.3. The number of aliphatic hydroxyl groups excluding tert-OH is 2. The second-order valence-electron chi connectivity index (χ2n) is 10.0. The van der Waals surface area contributed by atoms with Crippen molar-refractivity contribution in [1.29, 1.82) is 0 Å². The van der Waals surface area contributed by atoms with Crippen LogP contribution in [0.15, 0.2) is 54.3 Å². The minimum Gasteiger partial charge on any atom is -0.493 e. The Kier molecular flexibility index (Phi) is 9.80. The summed E-state index contributed by atoms with van der Waals surface area (Å²) in [6.45, 7) is 10.2. The largest absolute Gasteiger partial charge is 0.493 e. The lowest BCUT2D eigenvalue weighted by Gasteiger charge is -2.43. The Morgan fingerprint density at radius 3 is 2.64 bits per heavy atom. The average molecular weight is 509 g/mol. The summed E-state index contributed by atoms with van der Waals surface area (Å²) in [5.74, 6) is -2.48. The lowest BCUT2D eigenvalue weighted by molar-refractivity contribution is -0.0863. The third-order valence-corrected chi connectivity index (χ3v) is 7.03. The average Bonchev–Trinajstić information content (AvgIpc) is 2.82.